The number of piperidine rings is 1. The summed E-state index contributed by atoms with van der Waals surface area (Å²) in [4.78, 5) is 28.2. The molecule has 2 aliphatic carbocycles. The van der Waals surface area contributed by atoms with Gasteiger partial charge in [-0.25, -0.2) is 4.79 Å². The van der Waals surface area contributed by atoms with Crippen LogP contribution in [-0.2, 0) is 37.5 Å². The maximum Gasteiger partial charge on any atom is 0.357 e. The Kier molecular flexibility index (Phi) is 6.09. The number of ether oxygens (including phenoxy) is 3. The average Bonchev–Trinajstić information content (AvgIpc) is 3.27. The Morgan fingerprint density at radius 3 is 2.74 bits per heavy atom. The van der Waals surface area contributed by atoms with Crippen molar-refractivity contribution >= 4 is 11.9 Å². The van der Waals surface area contributed by atoms with Crippen LogP contribution < -0.4 is 4.74 Å². The second kappa shape index (κ2) is 9.22. The Balaban J connectivity index is 1.39. The molecule has 2 bridgehead atoms. The highest BCUT2D eigenvalue weighted by Gasteiger charge is 2.72. The fourth-order valence-electron chi connectivity index (χ4n) is 7.08. The molecule has 0 amide bonds. The van der Waals surface area contributed by atoms with Crippen LogP contribution >= 0.6 is 0 Å². The monoisotopic (exact) mass is 519 g/mol. The molecule has 2 unspecified atom stereocenters. The lowest BCUT2D eigenvalue weighted by atomic mass is 9.50. The summed E-state index contributed by atoms with van der Waals surface area (Å²) in [5.41, 5.74) is 1.24. The van der Waals surface area contributed by atoms with Crippen LogP contribution in [0, 0.1) is 0 Å². The predicted molar refractivity (Wildman–Crippen MR) is 137 cm³/mol. The molecule has 0 saturated carbocycles. The van der Waals surface area contributed by atoms with Gasteiger partial charge in [0.25, 0.3) is 0 Å². The first-order valence-electron chi connectivity index (χ1n) is 13.4. The second-order valence-corrected chi connectivity index (χ2v) is 10.9. The van der Waals surface area contributed by atoms with E-state index in [0.29, 0.717) is 48.3 Å². The van der Waals surface area contributed by atoms with Crippen LogP contribution in [0.25, 0.3) is 0 Å². The molecule has 2 aromatic carbocycles. The first-order chi connectivity index (χ1) is 18.3. The van der Waals surface area contributed by atoms with Crippen molar-refractivity contribution < 1.29 is 34.0 Å². The fourth-order valence-corrected chi connectivity index (χ4v) is 7.08. The number of nitrogens with zero attached hydrogens (tertiary/aromatic N) is 1. The summed E-state index contributed by atoms with van der Waals surface area (Å²) in [6.45, 7) is 2.42. The van der Waals surface area contributed by atoms with Gasteiger partial charge >= 0.3 is 11.9 Å². The van der Waals surface area contributed by atoms with E-state index in [1.807, 2.05) is 32.2 Å². The number of likely N-dealkylation sites (N-methyl/N-ethyl adjacent to an activating group) is 1. The quantitative estimate of drug-likeness (QED) is 0.538. The zero-order valence-electron chi connectivity index (χ0n) is 21.7. The largest absolute Gasteiger partial charge is 0.481 e. The minimum absolute atomic E-state index is 0.124. The molecule has 2 aromatic rings. The maximum atomic E-state index is 13.6. The highest BCUT2D eigenvalue weighted by atomic mass is 16.6. The Morgan fingerprint density at radius 2 is 2.00 bits per heavy atom. The highest BCUT2D eigenvalue weighted by Crippen LogP contribution is 2.64. The van der Waals surface area contributed by atoms with E-state index in [-0.39, 0.29) is 19.1 Å². The number of likely N-dealkylation sites (tertiary alicyclic amines) is 1. The third-order valence-corrected chi connectivity index (χ3v) is 8.86. The fraction of sp³-hybridized carbons (Fsp3) is 0.467. The van der Waals surface area contributed by atoms with Crippen LogP contribution in [0.1, 0.15) is 61.0 Å². The van der Waals surface area contributed by atoms with Crippen molar-refractivity contribution in [1.82, 2.24) is 4.90 Å². The number of carbonyl (C=O) groups excluding carboxylic acids is 2. The molecule has 1 spiro atoms. The van der Waals surface area contributed by atoms with Crippen LogP contribution in [0.15, 0.2) is 54.3 Å². The minimum Gasteiger partial charge on any atom is -0.481 e. The first-order valence-corrected chi connectivity index (χ1v) is 13.4. The molecule has 4 aliphatic rings. The number of hydrogen-bond acceptors (Lipinski definition) is 8. The molecule has 8 heteroatoms. The van der Waals surface area contributed by atoms with Crippen LogP contribution in [0.4, 0.5) is 0 Å². The molecule has 5 atom stereocenters. The third-order valence-electron chi connectivity index (χ3n) is 8.86. The molecule has 0 aromatic heterocycles. The van der Waals surface area contributed by atoms with Crippen molar-refractivity contribution in [1.29, 1.82) is 0 Å². The lowest BCUT2D eigenvalue weighted by Crippen LogP contribution is -2.74. The van der Waals surface area contributed by atoms with Gasteiger partial charge in [0.05, 0.1) is 17.6 Å². The Hall–Kier alpha value is -3.20. The van der Waals surface area contributed by atoms with Crippen molar-refractivity contribution in [3.63, 3.8) is 0 Å². The summed E-state index contributed by atoms with van der Waals surface area (Å²) in [6, 6.07) is 12.6. The number of rotatable bonds is 7. The summed E-state index contributed by atoms with van der Waals surface area (Å²) in [6.07, 6.45) is 2.14. The number of benzene rings is 2. The Labute approximate surface area is 221 Å². The molecule has 38 heavy (non-hydrogen) atoms. The van der Waals surface area contributed by atoms with E-state index < -0.39 is 35.2 Å². The molecule has 6 rings (SSSR count). The topological polar surface area (TPSA) is 106 Å². The number of carbonyl (C=O) groups is 2. The Morgan fingerprint density at radius 1 is 1.21 bits per heavy atom. The van der Waals surface area contributed by atoms with Gasteiger partial charge in [-0.1, -0.05) is 49.4 Å². The van der Waals surface area contributed by atoms with E-state index in [1.165, 1.54) is 0 Å². The predicted octanol–water partition coefficient (Wildman–Crippen LogP) is 3.08. The van der Waals surface area contributed by atoms with Gasteiger partial charge in [0, 0.05) is 35.6 Å². The molecule has 1 saturated heterocycles. The van der Waals surface area contributed by atoms with E-state index in [2.05, 4.69) is 4.90 Å². The summed E-state index contributed by atoms with van der Waals surface area (Å²) >= 11 is 0. The first kappa shape index (κ1) is 25.1. The van der Waals surface area contributed by atoms with Gasteiger partial charge in [0.1, 0.15) is 11.5 Å². The highest BCUT2D eigenvalue weighted by molar-refractivity contribution is 5.81. The molecule has 200 valence electrons. The summed E-state index contributed by atoms with van der Waals surface area (Å²) < 4.78 is 18.1. The average molecular weight is 520 g/mol. The standard InChI is InChI=1S/C30H33NO7/c1-3-7-23(33)37-26(18-8-5-4-6-9-18)28(34)36-21-12-13-30(35)22-16-19-10-11-20(17-32)25-24(19)29(30,27(21)38-25)14-15-31(22)2/h4-6,8-12,22,26-27,32,35H,3,7,13-17H2,1-2H3/t22-,26-,27?,29?,30-/m1/s1. The van der Waals surface area contributed by atoms with E-state index in [4.69, 9.17) is 14.2 Å². The molecular weight excluding hydrogens is 486 g/mol. The van der Waals surface area contributed by atoms with E-state index in [0.717, 1.165) is 17.7 Å². The maximum absolute atomic E-state index is 13.6. The number of hydrogen-bond donors (Lipinski definition) is 2. The van der Waals surface area contributed by atoms with Crippen molar-refractivity contribution in [2.45, 2.75) is 74.9 Å². The van der Waals surface area contributed by atoms with Crippen molar-refractivity contribution in [3.05, 3.63) is 76.6 Å². The molecule has 1 fully saturated rings. The lowest BCUT2D eigenvalue weighted by molar-refractivity contribution is -0.176. The summed E-state index contributed by atoms with van der Waals surface area (Å²) in [5, 5.41) is 22.4. The van der Waals surface area contributed by atoms with Gasteiger partial charge in [-0.2, -0.15) is 0 Å². The molecule has 2 aliphatic heterocycles. The van der Waals surface area contributed by atoms with Crippen molar-refractivity contribution in [2.75, 3.05) is 13.6 Å². The van der Waals surface area contributed by atoms with E-state index >= 15 is 0 Å². The molecule has 2 N–H and O–H groups in total. The van der Waals surface area contributed by atoms with Gasteiger partial charge in [-0.15, -0.1) is 0 Å². The van der Waals surface area contributed by atoms with Crippen molar-refractivity contribution in [2.24, 2.45) is 0 Å². The van der Waals surface area contributed by atoms with Crippen LogP contribution in [0.5, 0.6) is 5.75 Å². The molecule has 0 radical (unpaired) electrons. The van der Waals surface area contributed by atoms with Crippen LogP contribution in [0.2, 0.25) is 0 Å². The number of esters is 2. The van der Waals surface area contributed by atoms with Crippen LogP contribution in [-0.4, -0.2) is 58.4 Å². The lowest BCUT2D eigenvalue weighted by Gasteiger charge is -2.61. The molecule has 2 heterocycles. The van der Waals surface area contributed by atoms with Gasteiger partial charge in [0.2, 0.25) is 6.10 Å². The molecular formula is C30H33NO7. The van der Waals surface area contributed by atoms with Crippen molar-refractivity contribution in [3.8, 4) is 5.75 Å². The SMILES string of the molecule is CCCC(=O)O[C@@H](C(=O)OC1=CC[C@@]2(O)[C@H]3Cc4ccc(CO)c5c4C2(CCN3C)C1O5)c1ccccc1. The van der Waals surface area contributed by atoms with Gasteiger partial charge < -0.3 is 29.3 Å². The zero-order valence-corrected chi connectivity index (χ0v) is 21.7. The van der Waals surface area contributed by atoms with Gasteiger partial charge in [0.15, 0.2) is 6.10 Å². The van der Waals surface area contributed by atoms with Gasteiger partial charge in [-0.05, 0) is 44.5 Å². The summed E-state index contributed by atoms with van der Waals surface area (Å²) in [7, 11) is 2.03. The van der Waals surface area contributed by atoms with Gasteiger partial charge in [-0.3, -0.25) is 4.79 Å². The van der Waals surface area contributed by atoms with Crippen LogP contribution in [0.3, 0.4) is 0 Å². The molecule has 8 nitrogen and oxygen atoms in total. The minimum atomic E-state index is -1.22. The van der Waals surface area contributed by atoms with E-state index in [1.54, 1.807) is 30.3 Å². The third kappa shape index (κ3) is 3.47. The second-order valence-electron chi connectivity index (χ2n) is 10.9. The van der Waals surface area contributed by atoms with E-state index in [9.17, 15) is 19.8 Å². The Bertz CT molecular complexity index is 1310. The zero-order chi connectivity index (χ0) is 26.7. The smallest absolute Gasteiger partial charge is 0.357 e. The summed E-state index contributed by atoms with van der Waals surface area (Å²) in [5.74, 6) is -0.301. The number of aliphatic hydroxyl groups excluding tert-OH is 1. The number of aliphatic hydroxyl groups is 2. The normalized spacial score (nSPS) is 29.5.